The van der Waals surface area contributed by atoms with Crippen LogP contribution in [0.25, 0.3) is 0 Å². The van der Waals surface area contributed by atoms with Crippen LogP contribution < -0.4 is 4.57 Å². The summed E-state index contributed by atoms with van der Waals surface area (Å²) in [7, 11) is 0. The van der Waals surface area contributed by atoms with Crippen molar-refractivity contribution in [2.75, 3.05) is 0 Å². The SMILES string of the molecule is c1cc[n+](CCCCCCc2ccsc2)cc1. The summed E-state index contributed by atoms with van der Waals surface area (Å²) in [5.41, 5.74) is 1.51. The molecule has 0 spiro atoms. The number of thiophene rings is 1. The third-order valence-electron chi connectivity index (χ3n) is 2.99. The fraction of sp³-hybridized carbons (Fsp3) is 0.400. The van der Waals surface area contributed by atoms with Crippen molar-refractivity contribution in [3.63, 3.8) is 0 Å². The van der Waals surface area contributed by atoms with Gasteiger partial charge >= 0.3 is 0 Å². The molecule has 0 saturated heterocycles. The molecule has 2 rings (SSSR count). The average molecular weight is 246 g/mol. The maximum Gasteiger partial charge on any atom is 0.168 e. The molecule has 17 heavy (non-hydrogen) atoms. The minimum Gasteiger partial charge on any atom is -0.205 e. The molecule has 0 radical (unpaired) electrons. The van der Waals surface area contributed by atoms with E-state index in [9.17, 15) is 0 Å². The Balaban J connectivity index is 1.52. The zero-order valence-corrected chi connectivity index (χ0v) is 11.0. The zero-order valence-electron chi connectivity index (χ0n) is 10.2. The summed E-state index contributed by atoms with van der Waals surface area (Å²) in [5, 5.41) is 4.43. The highest BCUT2D eigenvalue weighted by molar-refractivity contribution is 7.07. The van der Waals surface area contributed by atoms with Crippen molar-refractivity contribution >= 4 is 11.3 Å². The number of pyridine rings is 1. The molecule has 0 fully saturated rings. The summed E-state index contributed by atoms with van der Waals surface area (Å²) in [6, 6.07) is 8.50. The van der Waals surface area contributed by atoms with Gasteiger partial charge in [0.1, 0.15) is 6.54 Å². The van der Waals surface area contributed by atoms with Crippen molar-refractivity contribution < 1.29 is 4.57 Å². The number of aryl methyl sites for hydroxylation is 2. The van der Waals surface area contributed by atoms with Crippen molar-refractivity contribution in [2.45, 2.75) is 38.6 Å². The second-order valence-corrected chi connectivity index (χ2v) is 5.19. The summed E-state index contributed by atoms with van der Waals surface area (Å²) >= 11 is 1.80. The maximum absolute atomic E-state index is 2.26. The van der Waals surface area contributed by atoms with Gasteiger partial charge in [-0.3, -0.25) is 0 Å². The van der Waals surface area contributed by atoms with Crippen LogP contribution in [0.3, 0.4) is 0 Å². The Morgan fingerprint density at radius 2 is 1.76 bits per heavy atom. The van der Waals surface area contributed by atoms with Gasteiger partial charge < -0.3 is 0 Å². The Labute approximate surface area is 108 Å². The molecular weight excluding hydrogens is 226 g/mol. The van der Waals surface area contributed by atoms with Gasteiger partial charge in [0.15, 0.2) is 12.4 Å². The van der Waals surface area contributed by atoms with Crippen molar-refractivity contribution in [1.29, 1.82) is 0 Å². The Kier molecular flexibility index (Phi) is 5.24. The van der Waals surface area contributed by atoms with E-state index < -0.39 is 0 Å². The molecule has 0 atom stereocenters. The largest absolute Gasteiger partial charge is 0.205 e. The first kappa shape index (κ1) is 12.3. The van der Waals surface area contributed by atoms with Gasteiger partial charge in [-0.1, -0.05) is 12.5 Å². The molecule has 2 heterocycles. The summed E-state index contributed by atoms with van der Waals surface area (Å²) < 4.78 is 2.26. The van der Waals surface area contributed by atoms with Crippen molar-refractivity contribution in [3.8, 4) is 0 Å². The van der Waals surface area contributed by atoms with E-state index in [4.69, 9.17) is 0 Å². The quantitative estimate of drug-likeness (QED) is 0.516. The standard InChI is InChI=1S/C15H20NS/c1(4-8-15-9-13-17-14-15)2-5-10-16-11-6-3-7-12-16/h3,6-7,9,11-14H,1-2,4-5,8,10H2/q+1. The predicted octanol–water partition coefficient (Wildman–Crippen LogP) is 3.84. The molecule has 90 valence electrons. The molecule has 0 N–H and O–H groups in total. The summed E-state index contributed by atoms with van der Waals surface area (Å²) in [5.74, 6) is 0. The van der Waals surface area contributed by atoms with E-state index in [2.05, 4.69) is 52.0 Å². The lowest BCUT2D eigenvalue weighted by Gasteiger charge is -1.99. The predicted molar refractivity (Wildman–Crippen MR) is 73.1 cm³/mol. The van der Waals surface area contributed by atoms with Crippen LogP contribution in [0.15, 0.2) is 47.4 Å². The molecule has 0 aromatic carbocycles. The van der Waals surface area contributed by atoms with Gasteiger partial charge in [-0.05, 0) is 41.7 Å². The van der Waals surface area contributed by atoms with Gasteiger partial charge in [-0.25, -0.2) is 4.57 Å². The molecule has 1 nitrogen and oxygen atoms in total. The highest BCUT2D eigenvalue weighted by Crippen LogP contribution is 2.11. The maximum atomic E-state index is 2.26. The molecule has 0 aliphatic rings. The number of hydrogen-bond acceptors (Lipinski definition) is 1. The molecule has 2 heteroatoms. The minimum atomic E-state index is 1.15. The molecule has 0 bridgehead atoms. The zero-order chi connectivity index (χ0) is 11.8. The average Bonchev–Trinajstić information content (AvgIpc) is 2.88. The van der Waals surface area contributed by atoms with Crippen LogP contribution in [0.4, 0.5) is 0 Å². The lowest BCUT2D eigenvalue weighted by atomic mass is 10.1. The Morgan fingerprint density at radius 1 is 0.941 bits per heavy atom. The number of unbranched alkanes of at least 4 members (excludes halogenated alkanes) is 3. The smallest absolute Gasteiger partial charge is 0.168 e. The van der Waals surface area contributed by atoms with Gasteiger partial charge in [0.2, 0.25) is 0 Å². The number of hydrogen-bond donors (Lipinski definition) is 0. The van der Waals surface area contributed by atoms with Crippen LogP contribution in [0.1, 0.15) is 31.2 Å². The summed E-state index contributed by atoms with van der Waals surface area (Å²) in [6.45, 7) is 1.15. The lowest BCUT2D eigenvalue weighted by Crippen LogP contribution is -2.32. The van der Waals surface area contributed by atoms with Crippen LogP contribution in [0.2, 0.25) is 0 Å². The van der Waals surface area contributed by atoms with Crippen LogP contribution in [0, 0.1) is 0 Å². The van der Waals surface area contributed by atoms with E-state index in [1.165, 1.54) is 37.7 Å². The van der Waals surface area contributed by atoms with Crippen molar-refractivity contribution in [1.82, 2.24) is 0 Å². The molecule has 2 aromatic rings. The van der Waals surface area contributed by atoms with Gasteiger partial charge in [0.25, 0.3) is 0 Å². The Hall–Kier alpha value is -1.15. The first-order valence-electron chi connectivity index (χ1n) is 6.40. The molecule has 0 unspecified atom stereocenters. The second-order valence-electron chi connectivity index (χ2n) is 4.41. The Morgan fingerprint density at radius 3 is 2.53 bits per heavy atom. The summed E-state index contributed by atoms with van der Waals surface area (Å²) in [4.78, 5) is 0. The first-order chi connectivity index (χ1) is 8.45. The minimum absolute atomic E-state index is 1.15. The lowest BCUT2D eigenvalue weighted by molar-refractivity contribution is -0.697. The first-order valence-corrected chi connectivity index (χ1v) is 7.34. The van der Waals surface area contributed by atoms with Crippen LogP contribution in [-0.2, 0) is 13.0 Å². The normalized spacial score (nSPS) is 10.6. The third kappa shape index (κ3) is 4.70. The van der Waals surface area contributed by atoms with Crippen LogP contribution in [-0.4, -0.2) is 0 Å². The fourth-order valence-corrected chi connectivity index (χ4v) is 2.70. The van der Waals surface area contributed by atoms with E-state index >= 15 is 0 Å². The van der Waals surface area contributed by atoms with Crippen molar-refractivity contribution in [3.05, 3.63) is 53.0 Å². The van der Waals surface area contributed by atoms with Gasteiger partial charge in [-0.15, -0.1) is 0 Å². The van der Waals surface area contributed by atoms with Crippen LogP contribution in [0.5, 0.6) is 0 Å². The number of nitrogens with zero attached hydrogens (tertiary/aromatic N) is 1. The van der Waals surface area contributed by atoms with Crippen molar-refractivity contribution in [2.24, 2.45) is 0 Å². The number of rotatable bonds is 7. The number of aromatic nitrogens is 1. The van der Waals surface area contributed by atoms with Crippen LogP contribution >= 0.6 is 11.3 Å². The molecule has 2 aromatic heterocycles. The van der Waals surface area contributed by atoms with E-state index in [1.54, 1.807) is 11.3 Å². The van der Waals surface area contributed by atoms with Gasteiger partial charge in [0.05, 0.1) is 0 Å². The van der Waals surface area contributed by atoms with Gasteiger partial charge in [-0.2, -0.15) is 11.3 Å². The van der Waals surface area contributed by atoms with Gasteiger partial charge in [0, 0.05) is 18.6 Å². The monoisotopic (exact) mass is 246 g/mol. The van der Waals surface area contributed by atoms with E-state index in [1.807, 2.05) is 0 Å². The molecule has 0 saturated carbocycles. The highest BCUT2D eigenvalue weighted by Gasteiger charge is 1.98. The van der Waals surface area contributed by atoms with E-state index in [0.717, 1.165) is 6.54 Å². The van der Waals surface area contributed by atoms with E-state index in [-0.39, 0.29) is 0 Å². The highest BCUT2D eigenvalue weighted by atomic mass is 32.1. The molecular formula is C15H20NS+. The molecule has 0 aliphatic heterocycles. The molecule has 0 aliphatic carbocycles. The third-order valence-corrected chi connectivity index (χ3v) is 3.72. The molecule has 0 amide bonds. The fourth-order valence-electron chi connectivity index (χ4n) is 2.00. The second kappa shape index (κ2) is 7.23. The summed E-state index contributed by atoms with van der Waals surface area (Å²) in [6.07, 6.45) is 10.8. The Bertz CT molecular complexity index is 394. The topological polar surface area (TPSA) is 3.88 Å². The van der Waals surface area contributed by atoms with E-state index in [0.29, 0.717) is 0 Å².